The fraction of sp³-hybridized carbons (Fsp3) is 0.222. The molecular weight excluding hydrogens is 406 g/mol. The number of amides is 1. The number of esters is 1. The Balaban J connectivity index is 1.85. The molecule has 0 N–H and O–H groups in total. The molecule has 25 heavy (non-hydrogen) atoms. The zero-order valence-electron chi connectivity index (χ0n) is 13.9. The molecule has 2 rings (SSSR count). The molecule has 132 valence electrons. The van der Waals surface area contributed by atoms with Gasteiger partial charge in [-0.15, -0.1) is 0 Å². The number of methoxy groups -OCH3 is 1. The third-order valence-electron chi connectivity index (χ3n) is 3.35. The van der Waals surface area contributed by atoms with Crippen molar-refractivity contribution in [1.82, 2.24) is 4.90 Å². The van der Waals surface area contributed by atoms with Crippen molar-refractivity contribution in [3.8, 4) is 5.75 Å². The molecule has 0 radical (unpaired) electrons. The van der Waals surface area contributed by atoms with Crippen molar-refractivity contribution in [3.05, 3.63) is 56.7 Å². The maximum Gasteiger partial charge on any atom is 0.331 e. The second-order valence-electron chi connectivity index (χ2n) is 5.21. The monoisotopic (exact) mass is 423 g/mol. The third kappa shape index (κ3) is 6.03. The minimum absolute atomic E-state index is 0.256. The second kappa shape index (κ2) is 9.39. The van der Waals surface area contributed by atoms with Crippen LogP contribution in [0, 0.1) is 0 Å². The molecule has 5 nitrogen and oxygen atoms in total. The minimum atomic E-state index is -0.584. The third-order valence-corrected chi connectivity index (χ3v) is 4.58. The number of rotatable bonds is 7. The van der Waals surface area contributed by atoms with Gasteiger partial charge >= 0.3 is 5.97 Å². The van der Waals surface area contributed by atoms with Crippen molar-refractivity contribution in [3.63, 3.8) is 0 Å². The first-order chi connectivity index (χ1) is 12.0. The number of thiophene rings is 1. The van der Waals surface area contributed by atoms with Crippen LogP contribution < -0.4 is 4.74 Å². The lowest BCUT2D eigenvalue weighted by Gasteiger charge is -2.15. The molecule has 0 unspecified atom stereocenters. The van der Waals surface area contributed by atoms with Crippen molar-refractivity contribution in [2.75, 3.05) is 20.8 Å². The highest BCUT2D eigenvalue weighted by molar-refractivity contribution is 9.10. The Hall–Kier alpha value is -2.12. The Bertz CT molecular complexity index is 758. The van der Waals surface area contributed by atoms with Crippen molar-refractivity contribution in [2.24, 2.45) is 0 Å². The van der Waals surface area contributed by atoms with Gasteiger partial charge in [-0.05, 0) is 46.7 Å². The summed E-state index contributed by atoms with van der Waals surface area (Å²) >= 11 is 4.94. The smallest absolute Gasteiger partial charge is 0.331 e. The molecule has 0 saturated carbocycles. The molecule has 0 atom stereocenters. The zero-order valence-corrected chi connectivity index (χ0v) is 16.3. The summed E-state index contributed by atoms with van der Waals surface area (Å²) in [6, 6.07) is 7.41. The molecule has 2 aromatic rings. The lowest BCUT2D eigenvalue weighted by atomic mass is 10.2. The summed E-state index contributed by atoms with van der Waals surface area (Å²) in [6.45, 7) is 0.199. The van der Waals surface area contributed by atoms with Crippen LogP contribution in [0.1, 0.15) is 11.1 Å². The number of hydrogen-bond donors (Lipinski definition) is 0. The zero-order chi connectivity index (χ0) is 18.2. The van der Waals surface area contributed by atoms with E-state index in [-0.39, 0.29) is 12.5 Å². The van der Waals surface area contributed by atoms with Crippen LogP contribution in [0.3, 0.4) is 0 Å². The van der Waals surface area contributed by atoms with Crippen molar-refractivity contribution in [2.45, 2.75) is 6.54 Å². The minimum Gasteiger partial charge on any atom is -0.496 e. The number of halogens is 1. The Morgan fingerprint density at radius 2 is 2.12 bits per heavy atom. The fourth-order valence-electron chi connectivity index (χ4n) is 2.03. The van der Waals surface area contributed by atoms with Gasteiger partial charge in [-0.25, -0.2) is 4.79 Å². The van der Waals surface area contributed by atoms with E-state index in [9.17, 15) is 9.59 Å². The predicted molar refractivity (Wildman–Crippen MR) is 101 cm³/mol. The van der Waals surface area contributed by atoms with Crippen LogP contribution in [-0.4, -0.2) is 37.5 Å². The van der Waals surface area contributed by atoms with Crippen molar-refractivity contribution < 1.29 is 19.1 Å². The van der Waals surface area contributed by atoms with E-state index in [1.807, 2.05) is 29.0 Å². The summed E-state index contributed by atoms with van der Waals surface area (Å²) < 4.78 is 11.1. The van der Waals surface area contributed by atoms with E-state index in [4.69, 9.17) is 9.47 Å². The average Bonchev–Trinajstić information content (AvgIpc) is 3.10. The summed E-state index contributed by atoms with van der Waals surface area (Å²) in [5, 5.41) is 3.93. The van der Waals surface area contributed by atoms with Gasteiger partial charge in [0.05, 0.1) is 7.11 Å². The Labute approximate surface area is 159 Å². The largest absolute Gasteiger partial charge is 0.496 e. The fourth-order valence-corrected chi connectivity index (χ4v) is 3.07. The molecule has 0 fully saturated rings. The van der Waals surface area contributed by atoms with Crippen LogP contribution in [0.2, 0.25) is 0 Å². The number of likely N-dealkylation sites (N-methyl/N-ethyl adjacent to an activating group) is 1. The molecule has 0 bridgehead atoms. The van der Waals surface area contributed by atoms with Gasteiger partial charge in [0.1, 0.15) is 5.75 Å². The van der Waals surface area contributed by atoms with Crippen LogP contribution in [0.25, 0.3) is 6.08 Å². The standard InChI is InChI=1S/C18H18BrNO4S/c1-20(10-13-7-8-25-12-13)17(21)11-24-18(22)6-3-14-9-15(19)4-5-16(14)23-2/h3-9,12H,10-11H2,1-2H3/b6-3+. The van der Waals surface area contributed by atoms with E-state index in [2.05, 4.69) is 15.9 Å². The number of carbonyl (C=O) groups is 2. The molecule has 1 aromatic heterocycles. The molecule has 0 aliphatic rings. The van der Waals surface area contributed by atoms with Crippen LogP contribution >= 0.6 is 27.3 Å². The van der Waals surface area contributed by atoms with Crippen LogP contribution in [0.4, 0.5) is 0 Å². The van der Waals surface area contributed by atoms with Gasteiger partial charge in [0.15, 0.2) is 6.61 Å². The molecular formula is C18H18BrNO4S. The van der Waals surface area contributed by atoms with E-state index in [1.165, 1.54) is 11.0 Å². The van der Waals surface area contributed by atoms with Gasteiger partial charge in [-0.1, -0.05) is 15.9 Å². The maximum atomic E-state index is 12.0. The van der Waals surface area contributed by atoms with Crippen molar-refractivity contribution >= 4 is 45.2 Å². The summed E-state index contributed by atoms with van der Waals surface area (Å²) in [7, 11) is 3.23. The molecule has 7 heteroatoms. The first-order valence-corrected chi connectivity index (χ1v) is 9.16. The van der Waals surface area contributed by atoms with Gasteiger partial charge < -0.3 is 14.4 Å². The van der Waals surface area contributed by atoms with Crippen molar-refractivity contribution in [1.29, 1.82) is 0 Å². The highest BCUT2D eigenvalue weighted by Crippen LogP contribution is 2.24. The van der Waals surface area contributed by atoms with E-state index in [1.54, 1.807) is 37.6 Å². The van der Waals surface area contributed by atoms with Gasteiger partial charge in [0, 0.05) is 29.7 Å². The average molecular weight is 424 g/mol. The predicted octanol–water partition coefficient (Wildman–Crippen LogP) is 3.73. The van der Waals surface area contributed by atoms with Gasteiger partial charge in [0.25, 0.3) is 5.91 Å². The maximum absolute atomic E-state index is 12.0. The van der Waals surface area contributed by atoms with Crippen LogP contribution in [0.5, 0.6) is 5.75 Å². The molecule has 0 saturated heterocycles. The van der Waals surface area contributed by atoms with E-state index in [0.717, 1.165) is 15.6 Å². The number of hydrogen-bond acceptors (Lipinski definition) is 5. The Morgan fingerprint density at radius 1 is 1.32 bits per heavy atom. The lowest BCUT2D eigenvalue weighted by Crippen LogP contribution is -2.30. The number of carbonyl (C=O) groups excluding carboxylic acids is 2. The summed E-state index contributed by atoms with van der Waals surface area (Å²) in [5.74, 6) is -0.203. The van der Waals surface area contributed by atoms with Gasteiger partial charge in [-0.2, -0.15) is 11.3 Å². The highest BCUT2D eigenvalue weighted by atomic mass is 79.9. The van der Waals surface area contributed by atoms with E-state index < -0.39 is 5.97 Å². The topological polar surface area (TPSA) is 55.8 Å². The highest BCUT2D eigenvalue weighted by Gasteiger charge is 2.11. The number of benzene rings is 1. The number of nitrogens with zero attached hydrogens (tertiary/aromatic N) is 1. The van der Waals surface area contributed by atoms with E-state index in [0.29, 0.717) is 12.3 Å². The molecule has 0 aliphatic heterocycles. The van der Waals surface area contributed by atoms with Crippen LogP contribution in [-0.2, 0) is 20.9 Å². The Morgan fingerprint density at radius 3 is 2.80 bits per heavy atom. The normalized spacial score (nSPS) is 10.7. The Kier molecular flexibility index (Phi) is 7.21. The van der Waals surface area contributed by atoms with Crippen LogP contribution in [0.15, 0.2) is 45.6 Å². The number of ether oxygens (including phenoxy) is 2. The second-order valence-corrected chi connectivity index (χ2v) is 6.90. The molecule has 0 aliphatic carbocycles. The SMILES string of the molecule is COc1ccc(Br)cc1/C=C/C(=O)OCC(=O)N(C)Cc1ccsc1. The van der Waals surface area contributed by atoms with E-state index >= 15 is 0 Å². The summed E-state index contributed by atoms with van der Waals surface area (Å²) in [5.41, 5.74) is 1.78. The van der Waals surface area contributed by atoms with Gasteiger partial charge in [-0.3, -0.25) is 4.79 Å². The van der Waals surface area contributed by atoms with Gasteiger partial charge in [0.2, 0.25) is 0 Å². The molecule has 1 heterocycles. The molecule has 1 amide bonds. The summed E-state index contributed by atoms with van der Waals surface area (Å²) in [4.78, 5) is 25.3. The molecule has 1 aromatic carbocycles. The quantitative estimate of drug-likeness (QED) is 0.502. The first kappa shape index (κ1) is 19.2. The lowest BCUT2D eigenvalue weighted by molar-refractivity contribution is -0.147. The molecule has 0 spiro atoms. The first-order valence-electron chi connectivity index (χ1n) is 7.43. The summed E-state index contributed by atoms with van der Waals surface area (Å²) in [6.07, 6.45) is 2.86.